The monoisotopic (exact) mass is 582 g/mol. The van der Waals surface area contributed by atoms with Gasteiger partial charge >= 0.3 is 5.97 Å². The Bertz CT molecular complexity index is 939. The predicted molar refractivity (Wildman–Crippen MR) is 138 cm³/mol. The van der Waals surface area contributed by atoms with E-state index < -0.39 is 0 Å². The van der Waals surface area contributed by atoms with Crippen molar-refractivity contribution in [1.82, 2.24) is 0 Å². The largest absolute Gasteiger partial charge is 0.508 e. The summed E-state index contributed by atoms with van der Waals surface area (Å²) in [6.07, 6.45) is 6.20. The van der Waals surface area contributed by atoms with Crippen molar-refractivity contribution in [3.8, 4) is 5.75 Å². The molecular formula is C27H36Br2O4. The van der Waals surface area contributed by atoms with Crippen LogP contribution in [0.3, 0.4) is 0 Å². The third-order valence-corrected chi connectivity index (χ3v) is 10.4. The number of rotatable bonds is 1. The van der Waals surface area contributed by atoms with Crippen molar-refractivity contribution in [1.29, 1.82) is 0 Å². The number of alkyl halides is 2. The highest BCUT2D eigenvalue weighted by Crippen LogP contribution is 2.54. The number of allylic oxidation sites excluding steroid dienone is 1. The normalized spacial score (nSPS) is 37.8. The van der Waals surface area contributed by atoms with Gasteiger partial charge in [0.1, 0.15) is 11.9 Å². The molecule has 1 N–H and O–H groups in total. The van der Waals surface area contributed by atoms with Crippen molar-refractivity contribution in [2.24, 2.45) is 11.3 Å². The minimum atomic E-state index is -0.361. The molecular weight excluding hydrogens is 548 g/mol. The highest BCUT2D eigenvalue weighted by atomic mass is 79.9. The molecule has 182 valence electrons. The first-order chi connectivity index (χ1) is 15.3. The van der Waals surface area contributed by atoms with Crippen molar-refractivity contribution in [2.75, 3.05) is 0 Å². The van der Waals surface area contributed by atoms with E-state index in [4.69, 9.17) is 9.47 Å². The van der Waals surface area contributed by atoms with E-state index >= 15 is 0 Å². The highest BCUT2D eigenvalue weighted by molar-refractivity contribution is 9.10. The number of carbonyl (C=O) groups excluding carboxylic acids is 1. The third-order valence-electron chi connectivity index (χ3n) is 8.36. The summed E-state index contributed by atoms with van der Waals surface area (Å²) in [7, 11) is 0. The lowest BCUT2D eigenvalue weighted by atomic mass is 9.61. The van der Waals surface area contributed by atoms with Crippen LogP contribution in [0, 0.1) is 11.3 Å². The molecule has 4 nitrogen and oxygen atoms in total. The summed E-state index contributed by atoms with van der Waals surface area (Å²) in [5.41, 5.74) is 2.31. The number of hydrogen-bond donors (Lipinski definition) is 1. The van der Waals surface area contributed by atoms with Crippen LogP contribution in [0.15, 0.2) is 30.4 Å². The fourth-order valence-corrected chi connectivity index (χ4v) is 6.88. The van der Waals surface area contributed by atoms with Crippen LogP contribution in [-0.4, -0.2) is 38.0 Å². The van der Waals surface area contributed by atoms with Gasteiger partial charge in [0.25, 0.3) is 0 Å². The van der Waals surface area contributed by atoms with Crippen molar-refractivity contribution in [2.45, 2.75) is 99.6 Å². The third kappa shape index (κ3) is 5.08. The van der Waals surface area contributed by atoms with Crippen LogP contribution >= 0.6 is 31.9 Å². The number of epoxide rings is 1. The van der Waals surface area contributed by atoms with Crippen molar-refractivity contribution in [3.05, 3.63) is 41.5 Å². The number of aromatic hydroxyl groups is 1. The number of halogens is 2. The van der Waals surface area contributed by atoms with Crippen LogP contribution in [0.2, 0.25) is 0 Å². The number of ether oxygens (including phenoxy) is 2. The van der Waals surface area contributed by atoms with Crippen molar-refractivity contribution in [3.63, 3.8) is 0 Å². The lowest BCUT2D eigenvalue weighted by molar-refractivity contribution is 0.0191. The summed E-state index contributed by atoms with van der Waals surface area (Å²) >= 11 is 7.71. The van der Waals surface area contributed by atoms with Crippen LogP contribution in [0.5, 0.6) is 5.75 Å². The molecule has 2 bridgehead atoms. The Morgan fingerprint density at radius 3 is 2.61 bits per heavy atom. The van der Waals surface area contributed by atoms with Crippen molar-refractivity contribution < 1.29 is 19.4 Å². The zero-order valence-corrected chi connectivity index (χ0v) is 23.3. The lowest BCUT2D eigenvalue weighted by Crippen LogP contribution is -2.42. The second-order valence-corrected chi connectivity index (χ2v) is 14.4. The van der Waals surface area contributed by atoms with E-state index in [9.17, 15) is 9.90 Å². The van der Waals surface area contributed by atoms with Crippen molar-refractivity contribution >= 4 is 37.8 Å². The Balaban J connectivity index is 1.72. The number of phenols is 1. The van der Waals surface area contributed by atoms with Gasteiger partial charge in [0.05, 0.1) is 21.6 Å². The van der Waals surface area contributed by atoms with Gasteiger partial charge < -0.3 is 14.6 Å². The summed E-state index contributed by atoms with van der Waals surface area (Å²) in [6, 6.07) is 5.08. The molecule has 2 fully saturated rings. The maximum absolute atomic E-state index is 13.1. The Hall–Kier alpha value is -0.850. The molecule has 3 aliphatic rings. The summed E-state index contributed by atoms with van der Waals surface area (Å²) in [5.74, 6) is 0.0704. The topological polar surface area (TPSA) is 59.1 Å². The molecule has 0 aromatic heterocycles. The van der Waals surface area contributed by atoms with Crippen LogP contribution in [-0.2, 0) is 15.9 Å². The zero-order valence-electron chi connectivity index (χ0n) is 20.1. The molecule has 1 aliphatic carbocycles. The number of phenolic OH excluding ortho intramolecular Hbond substituents is 1. The molecule has 0 unspecified atom stereocenters. The number of benzene rings is 1. The van der Waals surface area contributed by atoms with Gasteiger partial charge in [0, 0.05) is 4.83 Å². The Morgan fingerprint density at radius 2 is 1.91 bits per heavy atom. The molecule has 1 aromatic rings. The number of esters is 1. The SMILES string of the molecule is C=C1CC[C@H](Br)[C@@]2(C)CC[C@H]3O[C@@]3(C)CC[C@@H](C(C)(C)Br)OC(=O)c3ccc(O)c(c3)C[C@H]12. The van der Waals surface area contributed by atoms with E-state index in [0.29, 0.717) is 16.8 Å². The quantitative estimate of drug-likeness (QED) is 0.166. The maximum atomic E-state index is 13.1. The first-order valence-corrected chi connectivity index (χ1v) is 13.8. The molecule has 0 spiro atoms. The summed E-state index contributed by atoms with van der Waals surface area (Å²) in [4.78, 5) is 13.5. The molecule has 33 heavy (non-hydrogen) atoms. The second-order valence-electron chi connectivity index (χ2n) is 11.2. The van der Waals surface area contributed by atoms with E-state index in [0.717, 1.165) is 44.1 Å². The van der Waals surface area contributed by atoms with E-state index in [1.54, 1.807) is 12.1 Å². The minimum absolute atomic E-state index is 0.00822. The smallest absolute Gasteiger partial charge is 0.338 e. The van der Waals surface area contributed by atoms with Gasteiger partial charge in [-0.2, -0.15) is 0 Å². The summed E-state index contributed by atoms with van der Waals surface area (Å²) < 4.78 is 11.8. The fraction of sp³-hybridized carbons (Fsp3) is 0.667. The highest BCUT2D eigenvalue weighted by Gasteiger charge is 2.54. The van der Waals surface area contributed by atoms with Crippen LogP contribution in [0.1, 0.15) is 82.1 Å². The molecule has 1 aromatic carbocycles. The van der Waals surface area contributed by atoms with E-state index in [2.05, 4.69) is 52.3 Å². The van der Waals surface area contributed by atoms with E-state index in [1.807, 2.05) is 19.9 Å². The summed E-state index contributed by atoms with van der Waals surface area (Å²) in [6.45, 7) is 13.0. The number of cyclic esters (lactones) is 1. The molecule has 0 amide bonds. The van der Waals surface area contributed by atoms with Gasteiger partial charge in [-0.3, -0.25) is 0 Å². The Kier molecular flexibility index (Phi) is 6.87. The fourth-order valence-electron chi connectivity index (χ4n) is 5.78. The lowest BCUT2D eigenvalue weighted by Gasteiger charge is -2.47. The number of carbonyl (C=O) groups is 1. The molecule has 1 saturated carbocycles. The van der Waals surface area contributed by atoms with E-state index in [1.165, 1.54) is 5.57 Å². The average molecular weight is 584 g/mol. The van der Waals surface area contributed by atoms with E-state index in [-0.39, 0.29) is 45.2 Å². The van der Waals surface area contributed by atoms with Gasteiger partial charge in [-0.1, -0.05) is 50.9 Å². The minimum Gasteiger partial charge on any atom is -0.508 e. The van der Waals surface area contributed by atoms with Gasteiger partial charge in [0.15, 0.2) is 0 Å². The number of fused-ring (bicyclic) bond motifs is 4. The molecule has 2 heterocycles. The average Bonchev–Trinajstić information content (AvgIpc) is 3.39. The first-order valence-electron chi connectivity index (χ1n) is 12.0. The molecule has 4 rings (SSSR count). The maximum Gasteiger partial charge on any atom is 0.338 e. The molecule has 2 aliphatic heterocycles. The summed E-state index contributed by atoms with van der Waals surface area (Å²) in [5, 5.41) is 10.7. The Morgan fingerprint density at radius 1 is 1.18 bits per heavy atom. The van der Waals surface area contributed by atoms with Gasteiger partial charge in [-0.15, -0.1) is 0 Å². The molecule has 0 radical (unpaired) electrons. The van der Waals surface area contributed by atoms with Crippen LogP contribution in [0.25, 0.3) is 0 Å². The van der Waals surface area contributed by atoms with Crippen LogP contribution in [0.4, 0.5) is 0 Å². The second kappa shape index (κ2) is 8.98. The first kappa shape index (κ1) is 25.2. The molecule has 6 heteroatoms. The van der Waals surface area contributed by atoms with Gasteiger partial charge in [-0.05, 0) is 101 Å². The predicted octanol–water partition coefficient (Wildman–Crippen LogP) is 7.10. The Labute approximate surface area is 214 Å². The van der Waals surface area contributed by atoms with Gasteiger partial charge in [0.2, 0.25) is 0 Å². The molecule has 1 saturated heterocycles. The standard InChI is InChI=1S/C27H36Br2O4/c1-16-6-9-21(28)26(4)12-10-23-27(5,33-23)13-11-22(25(2,3)29)32-24(31)17-7-8-20(30)18(14-17)15-19(16)26/h7-8,14,19,21-23,30H,1,6,9-13,15H2,2-5H3/t19-,21+,22+,23-,26+,27+/m1/s1. The van der Waals surface area contributed by atoms with Gasteiger partial charge in [-0.25, -0.2) is 4.79 Å². The van der Waals surface area contributed by atoms with Crippen LogP contribution < -0.4 is 0 Å². The zero-order chi connectivity index (χ0) is 24.2. The molecule has 6 atom stereocenters. The number of hydrogen-bond acceptors (Lipinski definition) is 4.